The summed E-state index contributed by atoms with van der Waals surface area (Å²) in [5, 5.41) is 3.44. The molecule has 0 unspecified atom stereocenters. The standard InChI is InChI=1S/C22H24N4O4S/c1-14(2)29-17-10-15(20(27)25-22-23-6-9-31-22)11-18(12-17)30-16-4-5-19(24-13-16)21(28)26-7-3-8-26/h4-5,10-14H,3,6-9H2,1-2H3,(H,23,25,27). The van der Waals surface area contributed by atoms with Crippen LogP contribution in [0.15, 0.2) is 41.5 Å². The number of hydrogen-bond donors (Lipinski definition) is 1. The van der Waals surface area contributed by atoms with Gasteiger partial charge in [-0.2, -0.15) is 0 Å². The molecule has 0 bridgehead atoms. The van der Waals surface area contributed by atoms with Gasteiger partial charge in [-0.25, -0.2) is 4.98 Å². The van der Waals surface area contributed by atoms with E-state index in [1.54, 1.807) is 35.2 Å². The molecule has 2 amide bonds. The number of nitrogens with one attached hydrogen (secondary N) is 1. The van der Waals surface area contributed by atoms with Crippen molar-refractivity contribution in [2.45, 2.75) is 26.4 Å². The van der Waals surface area contributed by atoms with Crippen LogP contribution in [0.1, 0.15) is 41.1 Å². The van der Waals surface area contributed by atoms with Crippen LogP contribution in [0.25, 0.3) is 0 Å². The second kappa shape index (κ2) is 9.38. The SMILES string of the molecule is CC(C)Oc1cc(Oc2ccc(C(=O)N3CCC3)nc2)cc(C(=O)NC2=NCCS2)c1. The zero-order chi connectivity index (χ0) is 21.8. The van der Waals surface area contributed by atoms with Gasteiger partial charge in [0.15, 0.2) is 5.17 Å². The zero-order valence-electron chi connectivity index (χ0n) is 17.5. The van der Waals surface area contributed by atoms with Crippen LogP contribution in [-0.2, 0) is 0 Å². The zero-order valence-corrected chi connectivity index (χ0v) is 18.3. The first kappa shape index (κ1) is 21.2. The molecule has 0 radical (unpaired) electrons. The van der Waals surface area contributed by atoms with Crippen LogP contribution in [0.2, 0.25) is 0 Å². The fourth-order valence-corrected chi connectivity index (χ4v) is 3.79. The fraction of sp³-hybridized carbons (Fsp3) is 0.364. The van der Waals surface area contributed by atoms with Gasteiger partial charge in [-0.3, -0.25) is 14.6 Å². The monoisotopic (exact) mass is 440 g/mol. The summed E-state index contributed by atoms with van der Waals surface area (Å²) in [6, 6.07) is 8.38. The number of aliphatic imine (C=N–C) groups is 1. The quantitative estimate of drug-likeness (QED) is 0.741. The number of likely N-dealkylation sites (tertiary alicyclic amines) is 1. The van der Waals surface area contributed by atoms with Crippen molar-refractivity contribution in [3.05, 3.63) is 47.8 Å². The molecular weight excluding hydrogens is 416 g/mol. The molecule has 0 atom stereocenters. The van der Waals surface area contributed by atoms with E-state index in [1.165, 1.54) is 18.0 Å². The van der Waals surface area contributed by atoms with Gasteiger partial charge in [-0.05, 0) is 44.5 Å². The van der Waals surface area contributed by atoms with Gasteiger partial charge in [0.2, 0.25) is 0 Å². The van der Waals surface area contributed by atoms with E-state index in [0.717, 1.165) is 25.3 Å². The van der Waals surface area contributed by atoms with Crippen molar-refractivity contribution >= 4 is 28.7 Å². The van der Waals surface area contributed by atoms with Crippen molar-refractivity contribution in [3.63, 3.8) is 0 Å². The second-order valence-electron chi connectivity index (χ2n) is 7.48. The lowest BCUT2D eigenvalue weighted by atomic mass is 10.2. The van der Waals surface area contributed by atoms with Crippen molar-refractivity contribution in [1.82, 2.24) is 15.2 Å². The van der Waals surface area contributed by atoms with Gasteiger partial charge in [-0.1, -0.05) is 11.8 Å². The molecule has 3 heterocycles. The molecule has 0 aliphatic carbocycles. The van der Waals surface area contributed by atoms with Gasteiger partial charge in [0.05, 0.1) is 18.8 Å². The number of aromatic nitrogens is 1. The van der Waals surface area contributed by atoms with Crippen LogP contribution in [0.5, 0.6) is 17.2 Å². The number of benzene rings is 1. The number of nitrogens with zero attached hydrogens (tertiary/aromatic N) is 3. The van der Waals surface area contributed by atoms with Gasteiger partial charge in [0.25, 0.3) is 11.8 Å². The lowest BCUT2D eigenvalue weighted by Gasteiger charge is -2.30. The van der Waals surface area contributed by atoms with E-state index in [2.05, 4.69) is 15.3 Å². The van der Waals surface area contributed by atoms with Crippen molar-refractivity contribution in [3.8, 4) is 17.2 Å². The van der Waals surface area contributed by atoms with Crippen molar-refractivity contribution in [2.75, 3.05) is 25.4 Å². The highest BCUT2D eigenvalue weighted by atomic mass is 32.2. The van der Waals surface area contributed by atoms with Crippen LogP contribution >= 0.6 is 11.8 Å². The second-order valence-corrected chi connectivity index (χ2v) is 8.56. The molecule has 2 aromatic rings. The van der Waals surface area contributed by atoms with Gasteiger partial charge in [0, 0.05) is 30.5 Å². The first-order valence-electron chi connectivity index (χ1n) is 10.2. The van der Waals surface area contributed by atoms with E-state index in [0.29, 0.717) is 40.2 Å². The minimum atomic E-state index is -0.277. The summed E-state index contributed by atoms with van der Waals surface area (Å²) in [6.07, 6.45) is 2.48. The van der Waals surface area contributed by atoms with Crippen LogP contribution in [0.3, 0.4) is 0 Å². The molecule has 4 rings (SSSR count). The number of amidine groups is 1. The topological polar surface area (TPSA) is 93.1 Å². The molecule has 2 aliphatic heterocycles. The Labute approximate surface area is 185 Å². The molecule has 9 heteroatoms. The molecule has 0 saturated carbocycles. The lowest BCUT2D eigenvalue weighted by molar-refractivity contribution is 0.0645. The molecule has 2 aliphatic rings. The molecule has 8 nitrogen and oxygen atoms in total. The number of thioether (sulfide) groups is 1. The summed E-state index contributed by atoms with van der Waals surface area (Å²) in [5.74, 6) is 1.94. The summed E-state index contributed by atoms with van der Waals surface area (Å²) in [7, 11) is 0. The highest BCUT2D eigenvalue weighted by Crippen LogP contribution is 2.28. The largest absolute Gasteiger partial charge is 0.491 e. The van der Waals surface area contributed by atoms with Crippen molar-refractivity contribution < 1.29 is 19.1 Å². The molecule has 1 N–H and O–H groups in total. The van der Waals surface area contributed by atoms with E-state index in [1.807, 2.05) is 13.8 Å². The van der Waals surface area contributed by atoms with Crippen LogP contribution in [0, 0.1) is 0 Å². The molecular formula is C22H24N4O4S. The Morgan fingerprint density at radius 1 is 1.13 bits per heavy atom. The van der Waals surface area contributed by atoms with Crippen LogP contribution in [0.4, 0.5) is 0 Å². The fourth-order valence-electron chi connectivity index (χ4n) is 3.07. The maximum atomic E-state index is 12.7. The van der Waals surface area contributed by atoms with Gasteiger partial charge in [0.1, 0.15) is 22.9 Å². The third kappa shape index (κ3) is 5.35. The minimum absolute atomic E-state index is 0.0607. The molecule has 1 aromatic carbocycles. The smallest absolute Gasteiger partial charge is 0.272 e. The van der Waals surface area contributed by atoms with Crippen LogP contribution in [-0.4, -0.2) is 58.4 Å². The lowest BCUT2D eigenvalue weighted by Crippen LogP contribution is -2.42. The number of rotatable bonds is 6. The van der Waals surface area contributed by atoms with Crippen molar-refractivity contribution in [1.29, 1.82) is 0 Å². The van der Waals surface area contributed by atoms with E-state index >= 15 is 0 Å². The number of ether oxygens (including phenoxy) is 2. The summed E-state index contributed by atoms with van der Waals surface area (Å²) < 4.78 is 11.7. The number of carbonyl (C=O) groups excluding carboxylic acids is 2. The Morgan fingerprint density at radius 2 is 1.94 bits per heavy atom. The predicted molar refractivity (Wildman–Crippen MR) is 119 cm³/mol. The first-order chi connectivity index (χ1) is 15.0. The van der Waals surface area contributed by atoms with Crippen LogP contribution < -0.4 is 14.8 Å². The Morgan fingerprint density at radius 3 is 2.55 bits per heavy atom. The van der Waals surface area contributed by atoms with E-state index in [-0.39, 0.29) is 17.9 Å². The molecule has 1 fully saturated rings. The summed E-state index contributed by atoms with van der Waals surface area (Å²) in [4.78, 5) is 35.2. The normalized spacial score (nSPS) is 15.3. The molecule has 31 heavy (non-hydrogen) atoms. The Kier molecular flexibility index (Phi) is 6.41. The highest BCUT2D eigenvalue weighted by Gasteiger charge is 2.22. The Hall–Kier alpha value is -3.07. The summed E-state index contributed by atoms with van der Waals surface area (Å²) in [6.45, 7) is 6.08. The maximum absolute atomic E-state index is 12.7. The molecule has 1 saturated heterocycles. The molecule has 0 spiro atoms. The number of pyridine rings is 1. The summed E-state index contributed by atoms with van der Waals surface area (Å²) >= 11 is 1.51. The van der Waals surface area contributed by atoms with E-state index in [4.69, 9.17) is 9.47 Å². The van der Waals surface area contributed by atoms with E-state index in [9.17, 15) is 9.59 Å². The Balaban J connectivity index is 1.52. The Bertz CT molecular complexity index is 1000. The van der Waals surface area contributed by atoms with Crippen molar-refractivity contribution in [2.24, 2.45) is 4.99 Å². The molecule has 162 valence electrons. The number of amides is 2. The van der Waals surface area contributed by atoms with Gasteiger partial charge < -0.3 is 19.7 Å². The average molecular weight is 441 g/mol. The predicted octanol–water partition coefficient (Wildman–Crippen LogP) is 3.34. The first-order valence-corrected chi connectivity index (χ1v) is 11.2. The molecule has 1 aromatic heterocycles. The third-order valence-electron chi connectivity index (χ3n) is 4.65. The minimum Gasteiger partial charge on any atom is -0.491 e. The number of carbonyl (C=O) groups is 2. The highest BCUT2D eigenvalue weighted by molar-refractivity contribution is 8.14. The van der Waals surface area contributed by atoms with E-state index < -0.39 is 0 Å². The van der Waals surface area contributed by atoms with Gasteiger partial charge in [-0.15, -0.1) is 0 Å². The maximum Gasteiger partial charge on any atom is 0.272 e. The van der Waals surface area contributed by atoms with Gasteiger partial charge >= 0.3 is 0 Å². The summed E-state index contributed by atoms with van der Waals surface area (Å²) in [5.41, 5.74) is 0.791. The number of hydrogen-bond acceptors (Lipinski definition) is 7. The third-order valence-corrected chi connectivity index (χ3v) is 5.55. The average Bonchev–Trinajstić information content (AvgIpc) is 3.19.